The smallest absolute Gasteiger partial charge is 0.123 e. The van der Waals surface area contributed by atoms with E-state index in [4.69, 9.17) is 0 Å². The lowest BCUT2D eigenvalue weighted by Crippen LogP contribution is -2.08. The molecule has 0 spiro atoms. The second-order valence-corrected chi connectivity index (χ2v) is 3.47. The molecule has 0 aliphatic carbocycles. The second kappa shape index (κ2) is 4.18. The van der Waals surface area contributed by atoms with Crippen LogP contribution in [0.2, 0.25) is 0 Å². The summed E-state index contributed by atoms with van der Waals surface area (Å²) in [6.45, 7) is 9.55. The molecule has 0 amide bonds. The molecule has 0 unspecified atom stereocenters. The summed E-state index contributed by atoms with van der Waals surface area (Å²) >= 11 is 0. The normalized spacial score (nSPS) is 10.6. The number of aromatic nitrogens is 4. The highest BCUT2D eigenvalue weighted by Gasteiger charge is 2.17. The third-order valence-electron chi connectivity index (χ3n) is 2.57. The van der Waals surface area contributed by atoms with Crippen molar-refractivity contribution in [2.45, 2.75) is 12.8 Å². The molecule has 0 aliphatic heterocycles. The largest absolute Gasteiger partial charge is 0.311 e. The van der Waals surface area contributed by atoms with E-state index in [0.29, 0.717) is 0 Å². The van der Waals surface area contributed by atoms with Crippen LogP contribution in [-0.4, -0.2) is 19.1 Å². The zero-order valence-corrected chi connectivity index (χ0v) is 9.24. The Morgan fingerprint density at radius 1 is 1.06 bits per heavy atom. The van der Waals surface area contributed by atoms with E-state index in [1.165, 1.54) is 0 Å². The Balaban J connectivity index is 2.42. The molecule has 0 saturated heterocycles. The first kappa shape index (κ1) is 10.4. The van der Waals surface area contributed by atoms with Gasteiger partial charge in [0.15, 0.2) is 0 Å². The van der Waals surface area contributed by atoms with Crippen molar-refractivity contribution in [1.29, 1.82) is 0 Å². The minimum Gasteiger partial charge on any atom is -0.311 e. The molecule has 0 bridgehead atoms. The number of imidazole rings is 2. The molecule has 4 heteroatoms. The minimum atomic E-state index is 0.0981. The molecule has 2 heterocycles. The van der Waals surface area contributed by atoms with E-state index in [0.717, 1.165) is 11.6 Å². The van der Waals surface area contributed by atoms with Crippen LogP contribution in [0.25, 0.3) is 12.4 Å². The maximum atomic E-state index is 4.32. The van der Waals surface area contributed by atoms with Gasteiger partial charge in [-0.3, -0.25) is 0 Å². The average Bonchev–Trinajstić information content (AvgIpc) is 2.96. The van der Waals surface area contributed by atoms with E-state index in [-0.39, 0.29) is 5.92 Å². The van der Waals surface area contributed by atoms with Gasteiger partial charge in [0.1, 0.15) is 11.6 Å². The first-order chi connectivity index (χ1) is 7.77. The summed E-state index contributed by atoms with van der Waals surface area (Å²) in [7, 11) is 0. The van der Waals surface area contributed by atoms with E-state index in [9.17, 15) is 0 Å². The third-order valence-corrected chi connectivity index (χ3v) is 2.57. The average molecular weight is 214 g/mol. The fraction of sp³-hybridized carbons (Fsp3) is 0.167. The van der Waals surface area contributed by atoms with Crippen LogP contribution in [0.5, 0.6) is 0 Å². The first-order valence-electron chi connectivity index (χ1n) is 5.08. The fourth-order valence-electron chi connectivity index (χ4n) is 1.74. The lowest BCUT2D eigenvalue weighted by Gasteiger charge is -2.11. The van der Waals surface area contributed by atoms with Crippen molar-refractivity contribution in [3.8, 4) is 0 Å². The van der Waals surface area contributed by atoms with Crippen LogP contribution in [-0.2, 0) is 0 Å². The van der Waals surface area contributed by atoms with Gasteiger partial charge in [-0.2, -0.15) is 0 Å². The molecule has 2 aromatic rings. The zero-order chi connectivity index (χ0) is 11.5. The maximum absolute atomic E-state index is 4.32. The van der Waals surface area contributed by atoms with Gasteiger partial charge in [-0.15, -0.1) is 0 Å². The van der Waals surface area contributed by atoms with E-state index in [1.807, 2.05) is 21.5 Å². The topological polar surface area (TPSA) is 35.6 Å². The second-order valence-electron chi connectivity index (χ2n) is 3.47. The van der Waals surface area contributed by atoms with E-state index in [1.54, 1.807) is 24.8 Å². The number of nitrogens with zero attached hydrogens (tertiary/aromatic N) is 4. The van der Waals surface area contributed by atoms with Crippen LogP contribution < -0.4 is 0 Å². The predicted octanol–water partition coefficient (Wildman–Crippen LogP) is 2.43. The number of hydrogen-bond donors (Lipinski definition) is 0. The lowest BCUT2D eigenvalue weighted by atomic mass is 10.1. The van der Waals surface area contributed by atoms with Gasteiger partial charge < -0.3 is 9.13 Å². The molecule has 0 atom stereocenters. The molecule has 0 aromatic carbocycles. The van der Waals surface area contributed by atoms with Crippen molar-refractivity contribution in [2.75, 3.05) is 0 Å². The molecule has 0 saturated carbocycles. The maximum Gasteiger partial charge on any atom is 0.123 e. The number of rotatable bonds is 4. The summed E-state index contributed by atoms with van der Waals surface area (Å²) in [6, 6.07) is 0. The quantitative estimate of drug-likeness (QED) is 0.783. The molecule has 82 valence electrons. The van der Waals surface area contributed by atoms with Crippen LogP contribution in [0.15, 0.2) is 37.9 Å². The van der Waals surface area contributed by atoms with E-state index >= 15 is 0 Å². The SMILES string of the molecule is C=Cn1ccnc1C(C)c1nccn1C=C. The molecule has 16 heavy (non-hydrogen) atoms. The summed E-state index contributed by atoms with van der Waals surface area (Å²) < 4.78 is 3.79. The van der Waals surface area contributed by atoms with E-state index < -0.39 is 0 Å². The molecule has 0 radical (unpaired) electrons. The van der Waals surface area contributed by atoms with Gasteiger partial charge in [-0.05, 0) is 6.92 Å². The summed E-state index contributed by atoms with van der Waals surface area (Å²) in [6.07, 6.45) is 10.7. The Kier molecular flexibility index (Phi) is 2.72. The van der Waals surface area contributed by atoms with Crippen LogP contribution in [0.1, 0.15) is 24.5 Å². The fourth-order valence-corrected chi connectivity index (χ4v) is 1.74. The Morgan fingerprint density at radius 3 is 1.88 bits per heavy atom. The zero-order valence-electron chi connectivity index (χ0n) is 9.24. The summed E-state index contributed by atoms with van der Waals surface area (Å²) in [4.78, 5) is 8.64. The van der Waals surface area contributed by atoms with Gasteiger partial charge in [-0.25, -0.2) is 9.97 Å². The lowest BCUT2D eigenvalue weighted by molar-refractivity contribution is 0.737. The van der Waals surface area contributed by atoms with Crippen molar-refractivity contribution in [1.82, 2.24) is 19.1 Å². The van der Waals surface area contributed by atoms with Crippen LogP contribution in [0, 0.1) is 0 Å². The summed E-state index contributed by atoms with van der Waals surface area (Å²) in [5.41, 5.74) is 0. The molecule has 2 aromatic heterocycles. The predicted molar refractivity (Wildman–Crippen MR) is 64.7 cm³/mol. The molecule has 4 nitrogen and oxygen atoms in total. The van der Waals surface area contributed by atoms with Crippen LogP contribution in [0.3, 0.4) is 0 Å². The van der Waals surface area contributed by atoms with Crippen molar-refractivity contribution >= 4 is 12.4 Å². The third kappa shape index (κ3) is 1.58. The van der Waals surface area contributed by atoms with Crippen LogP contribution in [0.4, 0.5) is 0 Å². The highest BCUT2D eigenvalue weighted by molar-refractivity contribution is 5.28. The monoisotopic (exact) mass is 214 g/mol. The Morgan fingerprint density at radius 2 is 1.50 bits per heavy atom. The van der Waals surface area contributed by atoms with Gasteiger partial charge in [0, 0.05) is 37.2 Å². The van der Waals surface area contributed by atoms with Gasteiger partial charge in [-0.1, -0.05) is 13.2 Å². The van der Waals surface area contributed by atoms with Crippen molar-refractivity contribution in [3.05, 3.63) is 49.6 Å². The molecular weight excluding hydrogens is 200 g/mol. The summed E-state index contributed by atoms with van der Waals surface area (Å²) in [5, 5.41) is 0. The highest BCUT2D eigenvalue weighted by Crippen LogP contribution is 2.21. The molecule has 0 N–H and O–H groups in total. The Labute approximate surface area is 94.6 Å². The van der Waals surface area contributed by atoms with E-state index in [2.05, 4.69) is 30.0 Å². The van der Waals surface area contributed by atoms with Gasteiger partial charge in [0.05, 0.1) is 5.92 Å². The van der Waals surface area contributed by atoms with Gasteiger partial charge in [0.25, 0.3) is 0 Å². The van der Waals surface area contributed by atoms with Crippen molar-refractivity contribution < 1.29 is 0 Å². The standard InChI is InChI=1S/C12H14N4/c1-4-15-8-6-13-11(15)10(3)12-14-7-9-16(12)5-2/h4-10H,1-2H2,3H3. The molecule has 0 fully saturated rings. The van der Waals surface area contributed by atoms with Gasteiger partial charge >= 0.3 is 0 Å². The Hall–Kier alpha value is -2.10. The molecule has 2 rings (SSSR count). The molecule has 0 aliphatic rings. The van der Waals surface area contributed by atoms with Crippen molar-refractivity contribution in [3.63, 3.8) is 0 Å². The number of hydrogen-bond acceptors (Lipinski definition) is 2. The summed E-state index contributed by atoms with van der Waals surface area (Å²) in [5.74, 6) is 1.94. The van der Waals surface area contributed by atoms with Gasteiger partial charge in [0.2, 0.25) is 0 Å². The Bertz CT molecular complexity index is 460. The highest BCUT2D eigenvalue weighted by atomic mass is 15.1. The minimum absolute atomic E-state index is 0.0981. The van der Waals surface area contributed by atoms with Crippen molar-refractivity contribution in [2.24, 2.45) is 0 Å². The van der Waals surface area contributed by atoms with Crippen LogP contribution >= 0.6 is 0 Å². The first-order valence-corrected chi connectivity index (χ1v) is 5.08. The molecular formula is C12H14N4.